The Morgan fingerprint density at radius 1 is 1.33 bits per heavy atom. The average Bonchev–Trinajstić information content (AvgIpc) is 2.44. The molecule has 1 rings (SSSR count). The predicted octanol–water partition coefficient (Wildman–Crippen LogP) is -1.16. The molecule has 14 nitrogen and oxygen atoms in total. The van der Waals surface area contributed by atoms with Gasteiger partial charge >= 0.3 is 6.09 Å². The van der Waals surface area contributed by atoms with Gasteiger partial charge in [0.2, 0.25) is 0 Å². The quantitative estimate of drug-likeness (QED) is 0.208. The number of anilines is 1. The molecule has 0 fully saturated rings. The fourth-order valence-corrected chi connectivity index (χ4v) is 2.52. The van der Waals surface area contributed by atoms with Crippen molar-refractivity contribution in [1.29, 1.82) is 0 Å². The molecule has 1 amide bonds. The third kappa shape index (κ3) is 14.0. The molecular formula is C11H26N5O9PS. The van der Waals surface area contributed by atoms with E-state index in [2.05, 4.69) is 5.32 Å². The van der Waals surface area contributed by atoms with Crippen LogP contribution >= 0.6 is 7.82 Å². The molecule has 0 heterocycles. The molecule has 0 bridgehead atoms. The van der Waals surface area contributed by atoms with Gasteiger partial charge in [-0.25, -0.2) is 18.2 Å². The van der Waals surface area contributed by atoms with Crippen molar-refractivity contribution in [2.75, 3.05) is 18.9 Å². The summed E-state index contributed by atoms with van der Waals surface area (Å²) >= 11 is 0. The van der Waals surface area contributed by atoms with Crippen molar-refractivity contribution in [3.63, 3.8) is 0 Å². The van der Waals surface area contributed by atoms with Crippen molar-refractivity contribution in [3.8, 4) is 0 Å². The topological polar surface area (TPSA) is 275 Å². The van der Waals surface area contributed by atoms with Gasteiger partial charge in [-0.15, -0.1) is 4.83 Å². The normalized spacial score (nSPS) is 11.6. The number of sulfonamides is 1. The van der Waals surface area contributed by atoms with Crippen molar-refractivity contribution in [2.24, 2.45) is 0 Å². The highest BCUT2D eigenvalue weighted by Crippen LogP contribution is 2.15. The number of aliphatic hydroxyl groups excluding tert-OH is 1. The van der Waals surface area contributed by atoms with Gasteiger partial charge in [0.1, 0.15) is 0 Å². The number of benzene rings is 1. The minimum absolute atomic E-state index is 0. The van der Waals surface area contributed by atoms with E-state index in [0.29, 0.717) is 10.7 Å². The van der Waals surface area contributed by atoms with Gasteiger partial charge in [0, 0.05) is 12.7 Å². The molecule has 0 spiro atoms. The number of carbonyl (C=O) groups is 1. The van der Waals surface area contributed by atoms with E-state index in [4.69, 9.17) is 24.4 Å². The number of nitrogens with zero attached hydrogens (tertiary/aromatic N) is 1. The van der Waals surface area contributed by atoms with Crippen molar-refractivity contribution in [2.45, 2.75) is 17.9 Å². The number of phosphoric acid groups is 1. The molecule has 0 aliphatic heterocycles. The smallest absolute Gasteiger partial charge is 0.422 e. The highest BCUT2D eigenvalue weighted by Gasteiger charge is 2.23. The zero-order valence-electron chi connectivity index (χ0n) is 15.2. The van der Waals surface area contributed by atoms with Crippen molar-refractivity contribution in [1.82, 2.24) is 22.1 Å². The first-order valence-corrected chi connectivity index (χ1v) is 9.47. The summed E-state index contributed by atoms with van der Waals surface area (Å²) in [6.45, 7) is 0.978. The average molecular weight is 435 g/mol. The first kappa shape index (κ1) is 29.9. The van der Waals surface area contributed by atoms with Crippen LogP contribution in [0.1, 0.15) is 6.92 Å². The first-order chi connectivity index (χ1) is 11.3. The fourth-order valence-electron chi connectivity index (χ4n) is 1.44. The molecule has 0 aliphatic carbocycles. The van der Waals surface area contributed by atoms with Crippen LogP contribution in [0.25, 0.3) is 0 Å². The van der Waals surface area contributed by atoms with E-state index in [-0.39, 0.29) is 23.7 Å². The number of rotatable bonds is 6. The van der Waals surface area contributed by atoms with E-state index in [0.717, 1.165) is 0 Å². The highest BCUT2D eigenvalue weighted by atomic mass is 32.2. The Bertz CT molecular complexity index is 716. The molecule has 1 aromatic carbocycles. The molecule has 16 heteroatoms. The van der Waals surface area contributed by atoms with Gasteiger partial charge in [0.05, 0.1) is 25.4 Å². The summed E-state index contributed by atoms with van der Waals surface area (Å²) in [6, 6.07) is 5.90. The molecule has 0 saturated heterocycles. The maximum absolute atomic E-state index is 12.1. The van der Waals surface area contributed by atoms with E-state index < -0.39 is 30.0 Å². The maximum Gasteiger partial charge on any atom is 0.422 e. The summed E-state index contributed by atoms with van der Waals surface area (Å²) < 4.78 is 32.8. The number of hydrazine groups is 1. The van der Waals surface area contributed by atoms with Gasteiger partial charge in [0.25, 0.3) is 10.0 Å². The molecule has 0 aliphatic rings. The summed E-state index contributed by atoms with van der Waals surface area (Å²) in [5.41, 5.74) is 0.574. The summed E-state index contributed by atoms with van der Waals surface area (Å²) in [7, 11) is -7.54. The third-order valence-corrected chi connectivity index (χ3v) is 3.68. The minimum atomic E-state index is -5.14. The van der Waals surface area contributed by atoms with Crippen LogP contribution in [0.15, 0.2) is 29.2 Å². The molecule has 1 atom stereocenters. The Hall–Kier alpha value is -1.81. The third-order valence-electron chi connectivity index (χ3n) is 2.34. The van der Waals surface area contributed by atoms with E-state index in [1.807, 2.05) is 4.83 Å². The lowest BCUT2D eigenvalue weighted by Gasteiger charge is -2.21. The van der Waals surface area contributed by atoms with Crippen LogP contribution in [-0.4, -0.2) is 54.3 Å². The first-order valence-electron chi connectivity index (χ1n) is 6.50. The molecule has 0 saturated carbocycles. The number of nitrogens with one attached hydrogen (secondary N) is 2. The molecule has 160 valence electrons. The highest BCUT2D eigenvalue weighted by molar-refractivity contribution is 7.89. The Morgan fingerprint density at radius 2 is 1.81 bits per heavy atom. The number of carboxylic acid groups (broad SMARTS) is 1. The monoisotopic (exact) mass is 435 g/mol. The van der Waals surface area contributed by atoms with Crippen LogP contribution in [-0.2, 0) is 14.6 Å². The lowest BCUT2D eigenvalue weighted by molar-refractivity contribution is -0.337. The largest absolute Gasteiger partial charge is 0.790 e. The minimum Gasteiger partial charge on any atom is -0.790 e. The fraction of sp³-hybridized carbons (Fsp3) is 0.364. The molecule has 13 N–H and O–H groups in total. The number of hydrogen-bond acceptors (Lipinski definition) is 8. The van der Waals surface area contributed by atoms with Gasteiger partial charge in [0.15, 0.2) is 0 Å². The van der Waals surface area contributed by atoms with Crippen LogP contribution in [0.3, 0.4) is 0 Å². The summed E-state index contributed by atoms with van der Waals surface area (Å²) in [4.78, 5) is 37.1. The zero-order valence-corrected chi connectivity index (χ0v) is 16.9. The van der Waals surface area contributed by atoms with Crippen molar-refractivity contribution >= 4 is 29.6 Å². The molecule has 27 heavy (non-hydrogen) atoms. The van der Waals surface area contributed by atoms with Crippen molar-refractivity contribution in [3.05, 3.63) is 24.3 Å². The Labute approximate surface area is 156 Å². The lowest BCUT2D eigenvalue weighted by atomic mass is 10.3. The summed E-state index contributed by atoms with van der Waals surface area (Å²) in [6.07, 6.45) is -2.50. The van der Waals surface area contributed by atoms with Crippen LogP contribution in [0, 0.1) is 0 Å². The zero-order chi connectivity index (χ0) is 19.8. The van der Waals surface area contributed by atoms with Gasteiger partial charge in [-0.1, -0.05) is 6.07 Å². The summed E-state index contributed by atoms with van der Waals surface area (Å²) in [5.74, 6) is 0. The van der Waals surface area contributed by atoms with Crippen LogP contribution < -0.4 is 32.2 Å². The predicted molar refractivity (Wildman–Crippen MR) is 94.5 cm³/mol. The number of aliphatic hydroxyl groups is 1. The van der Waals surface area contributed by atoms with Gasteiger partial charge in [-0.2, -0.15) is 0 Å². The Balaban J connectivity index is -0.000000729. The number of amides is 1. The number of quaternary nitrogens is 2. The lowest BCUT2D eigenvalue weighted by Crippen LogP contribution is -2.48. The maximum atomic E-state index is 12.1. The standard InChI is InChI=1S/C11H17N3O5S.2H3N.H3O4P/c1-8(15)7-14(11(16)17)13-20(18,19)10-5-3-4-9(6-10)12-2;;;1-5(2,3)4/h3-6,8,12-13,15H,7H2,1-2H3,(H,16,17);2*1H3;(H3,1,2,3,4). The van der Waals surface area contributed by atoms with E-state index >= 15 is 0 Å². The van der Waals surface area contributed by atoms with E-state index in [9.17, 15) is 18.3 Å². The summed E-state index contributed by atoms with van der Waals surface area (Å²) in [5, 5.41) is 21.3. The molecule has 0 aromatic heterocycles. The molecule has 1 unspecified atom stereocenters. The van der Waals surface area contributed by atoms with Crippen LogP contribution in [0.2, 0.25) is 0 Å². The molecular weight excluding hydrogens is 409 g/mol. The second kappa shape index (κ2) is 12.6. The SMILES string of the molecule is CNc1cccc(S(=O)(=O)NN(CC(C)O)C(=O)O)c1.O=P([O-])([O-])O.[NH4+].[NH4+]. The molecule has 1 aromatic rings. The van der Waals surface area contributed by atoms with Gasteiger partial charge in [-0.05, 0) is 25.1 Å². The van der Waals surface area contributed by atoms with E-state index in [1.54, 1.807) is 13.1 Å². The van der Waals surface area contributed by atoms with Gasteiger partial charge in [-0.3, -0.25) is 0 Å². The van der Waals surface area contributed by atoms with Gasteiger partial charge < -0.3 is 47.1 Å². The molecule has 0 radical (unpaired) electrons. The van der Waals surface area contributed by atoms with Crippen molar-refractivity contribution < 1.29 is 42.7 Å². The second-order valence-electron chi connectivity index (χ2n) is 4.58. The van der Waals surface area contributed by atoms with E-state index in [1.165, 1.54) is 25.1 Å². The van der Waals surface area contributed by atoms with Crippen LogP contribution in [0.5, 0.6) is 0 Å². The second-order valence-corrected chi connectivity index (χ2v) is 7.18. The Kier molecular flexibility index (Phi) is 13.9. The number of hydrogen-bond donors (Lipinski definition) is 7. The van der Waals surface area contributed by atoms with Crippen LogP contribution in [0.4, 0.5) is 10.5 Å². The Morgan fingerprint density at radius 3 is 2.19 bits per heavy atom.